The predicted molar refractivity (Wildman–Crippen MR) is 58.0 cm³/mol. The maximum Gasteiger partial charge on any atom is 0.149 e. The van der Waals surface area contributed by atoms with E-state index in [-0.39, 0.29) is 0 Å². The molecule has 1 aromatic rings. The van der Waals surface area contributed by atoms with Gasteiger partial charge in [-0.3, -0.25) is 0 Å². The molecule has 0 N–H and O–H groups in total. The summed E-state index contributed by atoms with van der Waals surface area (Å²) in [5.41, 5.74) is 0. The average Bonchev–Trinajstić information content (AvgIpc) is 2.23. The van der Waals surface area contributed by atoms with Crippen LogP contribution in [-0.4, -0.2) is 6.61 Å². The molecule has 0 saturated heterocycles. The van der Waals surface area contributed by atoms with Crippen LogP contribution in [0.3, 0.4) is 0 Å². The first kappa shape index (κ1) is 11.6. The van der Waals surface area contributed by atoms with Crippen LogP contribution in [0.25, 0.3) is 0 Å². The van der Waals surface area contributed by atoms with Gasteiger partial charge in [-0.2, -0.15) is 0 Å². The van der Waals surface area contributed by atoms with E-state index in [1.807, 2.05) is 0 Å². The Morgan fingerprint density at radius 3 is 3.07 bits per heavy atom. The van der Waals surface area contributed by atoms with Crippen molar-refractivity contribution in [2.24, 2.45) is 0 Å². The van der Waals surface area contributed by atoms with E-state index in [9.17, 15) is 4.39 Å². The second-order valence-electron chi connectivity index (χ2n) is 3.12. The van der Waals surface area contributed by atoms with E-state index in [0.29, 0.717) is 12.4 Å². The molecule has 1 nitrogen and oxygen atoms in total. The Morgan fingerprint density at radius 1 is 1.47 bits per heavy atom. The van der Waals surface area contributed by atoms with Crippen molar-refractivity contribution in [2.45, 2.75) is 26.2 Å². The first-order valence-electron chi connectivity index (χ1n) is 5.08. The van der Waals surface area contributed by atoms with Crippen molar-refractivity contribution in [3.63, 3.8) is 0 Å². The molecular weight excluding hydrogens is 191 g/mol. The molecule has 0 bridgehead atoms. The van der Waals surface area contributed by atoms with Gasteiger partial charge in [0.1, 0.15) is 18.2 Å². The molecular formula is C13H14FO. The van der Waals surface area contributed by atoms with Crippen molar-refractivity contribution in [3.05, 3.63) is 30.1 Å². The normalized spacial score (nSPS) is 9.20. The second kappa shape index (κ2) is 6.89. The molecule has 0 atom stereocenters. The van der Waals surface area contributed by atoms with Crippen LogP contribution < -0.4 is 4.74 Å². The maximum absolute atomic E-state index is 12.7. The van der Waals surface area contributed by atoms with E-state index < -0.39 is 5.82 Å². The standard InChI is InChI=1S/C13H14FO/c1-2-3-4-5-6-10-15-13-9-7-8-12(14)11-13/h7,9,11H,2-4,10H2,1H3. The second-order valence-corrected chi connectivity index (χ2v) is 3.12. The lowest BCUT2D eigenvalue weighted by Gasteiger charge is -2.00. The fraction of sp³-hybridized carbons (Fsp3) is 0.385. The van der Waals surface area contributed by atoms with E-state index in [4.69, 9.17) is 4.74 Å². The van der Waals surface area contributed by atoms with Gasteiger partial charge in [-0.25, -0.2) is 4.39 Å². The van der Waals surface area contributed by atoms with Crippen LogP contribution in [0, 0.1) is 23.7 Å². The van der Waals surface area contributed by atoms with Gasteiger partial charge in [0, 0.05) is 18.6 Å². The Morgan fingerprint density at radius 2 is 2.33 bits per heavy atom. The van der Waals surface area contributed by atoms with Crippen LogP contribution in [0.5, 0.6) is 5.75 Å². The molecule has 0 fully saturated rings. The number of benzene rings is 1. The summed E-state index contributed by atoms with van der Waals surface area (Å²) in [5.74, 6) is 5.96. The smallest absolute Gasteiger partial charge is 0.149 e. The van der Waals surface area contributed by atoms with Gasteiger partial charge >= 0.3 is 0 Å². The number of rotatable bonds is 4. The van der Waals surface area contributed by atoms with Crippen LogP contribution in [0.15, 0.2) is 18.2 Å². The fourth-order valence-electron chi connectivity index (χ4n) is 1.03. The molecule has 1 rings (SSSR count). The van der Waals surface area contributed by atoms with Gasteiger partial charge in [0.2, 0.25) is 0 Å². The summed E-state index contributed by atoms with van der Waals surface area (Å²) in [7, 11) is 0. The number of hydrogen-bond donors (Lipinski definition) is 0. The third-order valence-electron chi connectivity index (χ3n) is 1.83. The zero-order valence-electron chi connectivity index (χ0n) is 8.85. The van der Waals surface area contributed by atoms with Crippen molar-refractivity contribution < 1.29 is 9.13 Å². The lowest BCUT2D eigenvalue weighted by Crippen LogP contribution is -1.94. The first-order chi connectivity index (χ1) is 7.33. The topological polar surface area (TPSA) is 9.23 Å². The molecule has 0 aliphatic heterocycles. The molecule has 0 spiro atoms. The molecule has 0 amide bonds. The summed E-state index contributed by atoms with van der Waals surface area (Å²) in [6, 6.07) is 6.87. The highest BCUT2D eigenvalue weighted by atomic mass is 19.1. The quantitative estimate of drug-likeness (QED) is 0.541. The van der Waals surface area contributed by atoms with E-state index in [1.54, 1.807) is 6.07 Å². The van der Waals surface area contributed by atoms with Gasteiger partial charge in [-0.05, 0) is 18.6 Å². The van der Waals surface area contributed by atoms with E-state index in [1.165, 1.54) is 12.1 Å². The summed E-state index contributed by atoms with van der Waals surface area (Å²) in [5, 5.41) is 0. The zero-order chi connectivity index (χ0) is 10.9. The van der Waals surface area contributed by atoms with Crippen molar-refractivity contribution in [1.29, 1.82) is 0 Å². The summed E-state index contributed by atoms with van der Waals surface area (Å²) in [6.45, 7) is 2.44. The Bertz CT molecular complexity index is 349. The van der Waals surface area contributed by atoms with Gasteiger partial charge in [-0.15, -0.1) is 0 Å². The molecule has 2 heteroatoms. The Kier molecular flexibility index (Phi) is 5.32. The molecule has 0 unspecified atom stereocenters. The molecule has 0 aromatic heterocycles. The number of hydrogen-bond acceptors (Lipinski definition) is 1. The first-order valence-corrected chi connectivity index (χ1v) is 5.08. The van der Waals surface area contributed by atoms with Gasteiger partial charge in [0.05, 0.1) is 0 Å². The molecule has 1 aromatic carbocycles. The summed E-state index contributed by atoms with van der Waals surface area (Å²) < 4.78 is 17.9. The predicted octanol–water partition coefficient (Wildman–Crippen LogP) is 3.20. The summed E-state index contributed by atoms with van der Waals surface area (Å²) in [6.07, 6.45) is 3.16. The minimum Gasteiger partial charge on any atom is -0.481 e. The molecule has 0 aliphatic carbocycles. The van der Waals surface area contributed by atoms with Crippen molar-refractivity contribution in [2.75, 3.05) is 6.61 Å². The lowest BCUT2D eigenvalue weighted by atomic mass is 10.2. The monoisotopic (exact) mass is 205 g/mol. The van der Waals surface area contributed by atoms with Gasteiger partial charge in [0.25, 0.3) is 0 Å². The summed E-state index contributed by atoms with van der Waals surface area (Å²) >= 11 is 0. The van der Waals surface area contributed by atoms with Gasteiger partial charge in [-0.1, -0.05) is 25.2 Å². The maximum atomic E-state index is 12.7. The molecule has 15 heavy (non-hydrogen) atoms. The van der Waals surface area contributed by atoms with E-state index in [0.717, 1.165) is 19.3 Å². The van der Waals surface area contributed by atoms with Crippen LogP contribution in [0.4, 0.5) is 4.39 Å². The van der Waals surface area contributed by atoms with Gasteiger partial charge < -0.3 is 4.74 Å². The van der Waals surface area contributed by atoms with Crippen molar-refractivity contribution >= 4 is 0 Å². The number of halogens is 1. The summed E-state index contributed by atoms with van der Waals surface area (Å²) in [4.78, 5) is 0. The van der Waals surface area contributed by atoms with Crippen LogP contribution in [0.1, 0.15) is 26.2 Å². The van der Waals surface area contributed by atoms with Crippen LogP contribution in [0.2, 0.25) is 0 Å². The fourth-order valence-corrected chi connectivity index (χ4v) is 1.03. The molecule has 0 aliphatic rings. The molecule has 0 heterocycles. The highest BCUT2D eigenvalue weighted by molar-refractivity contribution is 5.22. The molecule has 79 valence electrons. The highest BCUT2D eigenvalue weighted by Gasteiger charge is 1.93. The van der Waals surface area contributed by atoms with Gasteiger partial charge in [0.15, 0.2) is 0 Å². The SMILES string of the molecule is CCCCC#CCOc1cc[c]c(F)c1. The number of unbranched alkanes of at least 4 members (excludes halogenated alkanes) is 2. The minimum absolute atomic E-state index is 0.313. The molecule has 1 radical (unpaired) electrons. The Hall–Kier alpha value is -1.49. The van der Waals surface area contributed by atoms with E-state index in [2.05, 4.69) is 24.8 Å². The largest absolute Gasteiger partial charge is 0.481 e. The number of ether oxygens (including phenoxy) is 1. The molecule has 0 saturated carbocycles. The Labute approximate surface area is 90.3 Å². The van der Waals surface area contributed by atoms with Crippen molar-refractivity contribution in [1.82, 2.24) is 0 Å². The van der Waals surface area contributed by atoms with Crippen molar-refractivity contribution in [3.8, 4) is 17.6 Å². The average molecular weight is 205 g/mol. The minimum atomic E-state index is -0.411. The van der Waals surface area contributed by atoms with E-state index >= 15 is 0 Å². The third kappa shape index (κ3) is 5.07. The van der Waals surface area contributed by atoms with Crippen LogP contribution in [-0.2, 0) is 0 Å². The van der Waals surface area contributed by atoms with Crippen LogP contribution >= 0.6 is 0 Å². The lowest BCUT2D eigenvalue weighted by molar-refractivity contribution is 0.367. The third-order valence-corrected chi connectivity index (χ3v) is 1.83. The highest BCUT2D eigenvalue weighted by Crippen LogP contribution is 2.10. The Balaban J connectivity index is 2.27. The zero-order valence-corrected chi connectivity index (χ0v) is 8.85.